The molecule has 0 saturated carbocycles. The maximum absolute atomic E-state index is 12.8. The molecule has 0 radical (unpaired) electrons. The van der Waals surface area contributed by atoms with Crippen molar-refractivity contribution in [2.75, 3.05) is 4.31 Å². The smallest absolute Gasteiger partial charge is 0.326 e. The predicted molar refractivity (Wildman–Crippen MR) is 122 cm³/mol. The van der Waals surface area contributed by atoms with Crippen molar-refractivity contribution in [1.29, 1.82) is 0 Å². The van der Waals surface area contributed by atoms with Crippen LogP contribution in [0.1, 0.15) is 33.8 Å². The number of aliphatic carboxylic acids is 2. The van der Waals surface area contributed by atoms with E-state index in [0.29, 0.717) is 12.1 Å². The number of nitrogens with zero attached hydrogens (tertiary/aromatic N) is 3. The van der Waals surface area contributed by atoms with E-state index in [1.54, 1.807) is 0 Å². The Labute approximate surface area is 198 Å². The Kier molecular flexibility index (Phi) is 8.21. The summed E-state index contributed by atoms with van der Waals surface area (Å²) < 4.78 is 31.6. The number of benzene rings is 1. The monoisotopic (exact) mass is 510 g/mol. The van der Waals surface area contributed by atoms with Crippen LogP contribution < -0.4 is 9.62 Å². The molecule has 3 aromatic rings. The normalized spacial score (nSPS) is 12.6. The van der Waals surface area contributed by atoms with Crippen molar-refractivity contribution >= 4 is 63.7 Å². The molecule has 0 aliphatic heterocycles. The van der Waals surface area contributed by atoms with Gasteiger partial charge in [0.15, 0.2) is 5.82 Å². The Morgan fingerprint density at radius 3 is 2.48 bits per heavy atom. The van der Waals surface area contributed by atoms with Crippen molar-refractivity contribution in [2.45, 2.75) is 25.3 Å². The van der Waals surface area contributed by atoms with Crippen molar-refractivity contribution in [1.82, 2.24) is 14.1 Å². The van der Waals surface area contributed by atoms with E-state index in [9.17, 15) is 28.3 Å². The van der Waals surface area contributed by atoms with Crippen LogP contribution >= 0.6 is 23.1 Å². The highest BCUT2D eigenvalue weighted by Crippen LogP contribution is 2.35. The topological polar surface area (TPSA) is 170 Å². The Hall–Kier alpha value is -3.20. The first-order valence-corrected chi connectivity index (χ1v) is 12.0. The summed E-state index contributed by atoms with van der Waals surface area (Å²) in [5.74, 6) is -3.31. The average molecular weight is 511 g/mol. The highest BCUT2D eigenvalue weighted by atomic mass is 32.2. The van der Waals surface area contributed by atoms with Crippen LogP contribution in [-0.4, -0.2) is 51.6 Å². The molecule has 0 bridgehead atoms. The SMILES string of the molecule is O=C(O)CCC(NC(=O)c1sccc1N(c1nsnc1Cc1ccccc1)S(=O)O)C(=O)O. The predicted octanol–water partition coefficient (Wildman–Crippen LogP) is 2.51. The Morgan fingerprint density at radius 2 is 1.85 bits per heavy atom. The molecule has 33 heavy (non-hydrogen) atoms. The second-order valence-corrected chi connectivity index (χ2v) is 8.92. The molecule has 174 valence electrons. The van der Waals surface area contributed by atoms with E-state index in [1.165, 1.54) is 11.4 Å². The molecule has 2 unspecified atom stereocenters. The fraction of sp³-hybridized carbons (Fsp3) is 0.211. The van der Waals surface area contributed by atoms with Crippen molar-refractivity contribution in [2.24, 2.45) is 0 Å². The summed E-state index contributed by atoms with van der Waals surface area (Å²) in [5.41, 5.74) is 1.37. The zero-order valence-corrected chi connectivity index (χ0v) is 19.2. The lowest BCUT2D eigenvalue weighted by molar-refractivity contribution is -0.140. The number of amides is 1. The van der Waals surface area contributed by atoms with Crippen LogP contribution in [-0.2, 0) is 27.3 Å². The second-order valence-electron chi connectivity index (χ2n) is 6.65. The lowest BCUT2D eigenvalue weighted by Gasteiger charge is -2.19. The summed E-state index contributed by atoms with van der Waals surface area (Å²) >= 11 is -0.834. The van der Waals surface area contributed by atoms with Crippen molar-refractivity contribution in [3.05, 3.63) is 57.9 Å². The minimum absolute atomic E-state index is 0.0300. The molecule has 3 rings (SSSR count). The van der Waals surface area contributed by atoms with Gasteiger partial charge in [0.05, 0.1) is 17.4 Å². The first kappa shape index (κ1) is 24.4. The number of carbonyl (C=O) groups is 3. The van der Waals surface area contributed by atoms with Gasteiger partial charge in [0.2, 0.25) is 0 Å². The largest absolute Gasteiger partial charge is 0.481 e. The third-order valence-electron chi connectivity index (χ3n) is 4.42. The number of aromatic nitrogens is 2. The van der Waals surface area contributed by atoms with E-state index in [4.69, 9.17) is 5.11 Å². The number of rotatable bonds is 11. The third-order valence-corrected chi connectivity index (χ3v) is 6.56. The molecule has 2 aromatic heterocycles. The summed E-state index contributed by atoms with van der Waals surface area (Å²) in [6, 6.07) is 9.29. The van der Waals surface area contributed by atoms with Crippen LogP contribution in [0.25, 0.3) is 0 Å². The lowest BCUT2D eigenvalue weighted by Crippen LogP contribution is -2.41. The Bertz CT molecular complexity index is 1170. The van der Waals surface area contributed by atoms with Gasteiger partial charge in [-0.25, -0.2) is 13.3 Å². The molecule has 0 aliphatic carbocycles. The van der Waals surface area contributed by atoms with Crippen LogP contribution in [0.3, 0.4) is 0 Å². The maximum atomic E-state index is 12.8. The van der Waals surface area contributed by atoms with Gasteiger partial charge < -0.3 is 15.5 Å². The minimum Gasteiger partial charge on any atom is -0.481 e. The number of carboxylic acid groups (broad SMARTS) is 2. The number of hydrogen-bond acceptors (Lipinski definition) is 8. The molecule has 1 aromatic carbocycles. The molecule has 14 heteroatoms. The highest BCUT2D eigenvalue weighted by molar-refractivity contribution is 7.81. The molecule has 4 N–H and O–H groups in total. The van der Waals surface area contributed by atoms with Gasteiger partial charge in [0.25, 0.3) is 17.2 Å². The van der Waals surface area contributed by atoms with E-state index in [2.05, 4.69) is 14.1 Å². The van der Waals surface area contributed by atoms with Crippen LogP contribution in [0, 0.1) is 0 Å². The van der Waals surface area contributed by atoms with Gasteiger partial charge in [-0.2, -0.15) is 8.75 Å². The van der Waals surface area contributed by atoms with Crippen molar-refractivity contribution in [3.8, 4) is 0 Å². The molecule has 1 amide bonds. The number of carboxylic acids is 2. The van der Waals surface area contributed by atoms with Gasteiger partial charge in [-0.3, -0.25) is 14.1 Å². The molecular weight excluding hydrogens is 492 g/mol. The molecule has 2 atom stereocenters. The number of thiophene rings is 1. The summed E-state index contributed by atoms with van der Waals surface area (Å²) in [7, 11) is 0. The van der Waals surface area contributed by atoms with Crippen molar-refractivity contribution in [3.63, 3.8) is 0 Å². The third kappa shape index (κ3) is 6.19. The average Bonchev–Trinajstić information content (AvgIpc) is 3.42. The molecule has 0 aliphatic rings. The second kappa shape index (κ2) is 11.1. The van der Waals surface area contributed by atoms with Gasteiger partial charge in [-0.1, -0.05) is 30.3 Å². The van der Waals surface area contributed by atoms with Crippen LogP contribution in [0.2, 0.25) is 0 Å². The number of nitrogens with one attached hydrogen (secondary N) is 1. The highest BCUT2D eigenvalue weighted by Gasteiger charge is 2.30. The van der Waals surface area contributed by atoms with Gasteiger partial charge >= 0.3 is 11.9 Å². The number of anilines is 2. The zero-order valence-electron chi connectivity index (χ0n) is 16.8. The zero-order chi connectivity index (χ0) is 24.0. The summed E-state index contributed by atoms with van der Waals surface area (Å²) in [4.78, 5) is 35.0. The van der Waals surface area contributed by atoms with E-state index in [0.717, 1.165) is 32.9 Å². The molecular formula is C19H18N4O7S3. The fourth-order valence-corrected chi connectivity index (χ4v) is 4.96. The van der Waals surface area contributed by atoms with E-state index >= 15 is 0 Å². The van der Waals surface area contributed by atoms with Crippen LogP contribution in [0.15, 0.2) is 41.8 Å². The molecule has 11 nitrogen and oxygen atoms in total. The van der Waals surface area contributed by atoms with Crippen LogP contribution in [0.5, 0.6) is 0 Å². The van der Waals surface area contributed by atoms with Crippen LogP contribution in [0.4, 0.5) is 11.5 Å². The summed E-state index contributed by atoms with van der Waals surface area (Å²) in [5, 5.41) is 21.9. The number of hydrogen-bond donors (Lipinski definition) is 4. The standard InChI is InChI=1S/C19H18N4O7S3/c24-15(25)7-6-12(19(27)28)20-18(26)16-14(8-9-31-16)23(33(29)30)17-13(21-32-22-17)10-11-4-2-1-3-5-11/h1-5,8-9,12H,6-7,10H2,(H,20,26)(H,24,25)(H,27,28)(H,29,30). The summed E-state index contributed by atoms with van der Waals surface area (Å²) in [6.07, 6.45) is -0.430. The van der Waals surface area contributed by atoms with E-state index in [-0.39, 0.29) is 22.8 Å². The van der Waals surface area contributed by atoms with Crippen molar-refractivity contribution < 1.29 is 33.4 Å². The Balaban J connectivity index is 1.89. The van der Waals surface area contributed by atoms with Gasteiger partial charge in [0.1, 0.15) is 16.6 Å². The quantitative estimate of drug-likeness (QED) is 0.283. The van der Waals surface area contributed by atoms with Gasteiger partial charge in [-0.15, -0.1) is 11.3 Å². The Morgan fingerprint density at radius 1 is 1.12 bits per heavy atom. The molecule has 0 spiro atoms. The molecule has 2 heterocycles. The molecule has 0 fully saturated rings. The van der Waals surface area contributed by atoms with Gasteiger partial charge in [0, 0.05) is 12.8 Å². The lowest BCUT2D eigenvalue weighted by atomic mass is 10.1. The first-order valence-electron chi connectivity index (χ1n) is 9.37. The fourth-order valence-electron chi connectivity index (χ4n) is 2.91. The van der Waals surface area contributed by atoms with Gasteiger partial charge in [-0.05, 0) is 23.4 Å². The first-order chi connectivity index (χ1) is 15.8. The van der Waals surface area contributed by atoms with E-state index in [1.807, 2.05) is 30.3 Å². The number of carbonyl (C=O) groups excluding carboxylic acids is 1. The minimum atomic E-state index is -2.62. The van der Waals surface area contributed by atoms with E-state index < -0.39 is 41.6 Å². The molecule has 0 saturated heterocycles. The summed E-state index contributed by atoms with van der Waals surface area (Å²) in [6.45, 7) is 0. The maximum Gasteiger partial charge on any atom is 0.326 e.